The summed E-state index contributed by atoms with van der Waals surface area (Å²) in [7, 11) is 0. The second-order valence-corrected chi connectivity index (χ2v) is 9.38. The Morgan fingerprint density at radius 2 is 2.13 bits per heavy atom. The summed E-state index contributed by atoms with van der Waals surface area (Å²) in [6.07, 6.45) is 2.62. The van der Waals surface area contributed by atoms with Crippen LogP contribution in [0.25, 0.3) is 21.3 Å². The van der Waals surface area contributed by atoms with Crippen LogP contribution >= 0.6 is 11.3 Å². The van der Waals surface area contributed by atoms with E-state index in [0.29, 0.717) is 36.5 Å². The Kier molecular flexibility index (Phi) is 5.09. The first-order chi connectivity index (χ1) is 15.0. The van der Waals surface area contributed by atoms with Gasteiger partial charge >= 0.3 is 0 Å². The van der Waals surface area contributed by atoms with E-state index >= 15 is 0 Å². The molecule has 1 atom stereocenters. The van der Waals surface area contributed by atoms with E-state index in [9.17, 15) is 9.59 Å². The van der Waals surface area contributed by atoms with Crippen molar-refractivity contribution in [2.24, 2.45) is 0 Å². The Morgan fingerprint density at radius 1 is 1.29 bits per heavy atom. The van der Waals surface area contributed by atoms with Gasteiger partial charge in [0.2, 0.25) is 5.91 Å². The summed E-state index contributed by atoms with van der Waals surface area (Å²) in [6, 6.07) is 7.73. The van der Waals surface area contributed by atoms with Crippen molar-refractivity contribution >= 4 is 38.6 Å². The fourth-order valence-electron chi connectivity index (χ4n) is 4.27. The van der Waals surface area contributed by atoms with Crippen molar-refractivity contribution in [1.29, 1.82) is 0 Å². The Bertz CT molecular complexity index is 1300. The summed E-state index contributed by atoms with van der Waals surface area (Å²) in [5.74, 6) is 1.46. The molecule has 160 valence electrons. The number of likely N-dealkylation sites (tertiary alicyclic amines) is 1. The number of piperidine rings is 1. The summed E-state index contributed by atoms with van der Waals surface area (Å²) >= 11 is 1.53. The summed E-state index contributed by atoms with van der Waals surface area (Å²) in [5.41, 5.74) is 2.49. The van der Waals surface area contributed by atoms with Crippen molar-refractivity contribution < 1.29 is 9.21 Å². The monoisotopic (exact) mass is 436 g/mol. The van der Waals surface area contributed by atoms with E-state index in [-0.39, 0.29) is 17.4 Å². The van der Waals surface area contributed by atoms with Gasteiger partial charge in [-0.3, -0.25) is 9.59 Å². The average molecular weight is 437 g/mol. The minimum Gasteiger partial charge on any atom is -0.440 e. The number of nitrogens with one attached hydrogen (secondary N) is 1. The lowest BCUT2D eigenvalue weighted by molar-refractivity contribution is -0.132. The maximum atomic E-state index is 12.9. The van der Waals surface area contributed by atoms with Crippen LogP contribution in [0.5, 0.6) is 0 Å². The molecule has 0 saturated carbocycles. The Morgan fingerprint density at radius 3 is 2.97 bits per heavy atom. The van der Waals surface area contributed by atoms with E-state index in [2.05, 4.69) is 15.0 Å². The van der Waals surface area contributed by atoms with Crippen LogP contribution in [0.4, 0.5) is 0 Å². The molecule has 1 N–H and O–H groups in total. The summed E-state index contributed by atoms with van der Waals surface area (Å²) in [5, 5.41) is 0.662. The number of amides is 1. The van der Waals surface area contributed by atoms with Crippen LogP contribution in [0.15, 0.2) is 33.5 Å². The second-order valence-electron chi connectivity index (χ2n) is 8.17. The van der Waals surface area contributed by atoms with E-state index in [0.717, 1.165) is 45.8 Å². The van der Waals surface area contributed by atoms with Crippen LogP contribution in [0.2, 0.25) is 0 Å². The third-order valence-corrected chi connectivity index (χ3v) is 7.20. The number of aryl methyl sites for hydroxylation is 3. The molecule has 1 aliphatic heterocycles. The zero-order chi connectivity index (χ0) is 21.5. The van der Waals surface area contributed by atoms with Gasteiger partial charge in [0, 0.05) is 30.8 Å². The molecular weight excluding hydrogens is 412 g/mol. The summed E-state index contributed by atoms with van der Waals surface area (Å²) in [4.78, 5) is 41.1. The highest BCUT2D eigenvalue weighted by Crippen LogP contribution is 2.29. The molecule has 5 rings (SSSR count). The highest BCUT2D eigenvalue weighted by molar-refractivity contribution is 7.18. The van der Waals surface area contributed by atoms with E-state index in [1.807, 2.05) is 43.0 Å². The van der Waals surface area contributed by atoms with Crippen molar-refractivity contribution in [3.05, 3.63) is 56.8 Å². The van der Waals surface area contributed by atoms with Gasteiger partial charge in [-0.25, -0.2) is 9.97 Å². The SMILES string of the molecule is Cc1sc2nc(CCC(=O)N3CCCC(c4nc5ccccc5o4)C3)[nH]c(=O)c2c1C. The van der Waals surface area contributed by atoms with Gasteiger partial charge in [0.1, 0.15) is 16.2 Å². The molecule has 8 heteroatoms. The first-order valence-electron chi connectivity index (χ1n) is 10.6. The lowest BCUT2D eigenvalue weighted by atomic mass is 9.97. The third-order valence-electron chi connectivity index (χ3n) is 6.10. The Balaban J connectivity index is 1.27. The fourth-order valence-corrected chi connectivity index (χ4v) is 5.32. The van der Waals surface area contributed by atoms with Crippen LogP contribution in [-0.2, 0) is 11.2 Å². The topological polar surface area (TPSA) is 92.1 Å². The number of aromatic nitrogens is 3. The molecule has 4 heterocycles. The number of H-pyrrole nitrogens is 1. The predicted molar refractivity (Wildman–Crippen MR) is 121 cm³/mol. The maximum absolute atomic E-state index is 12.9. The number of benzene rings is 1. The predicted octanol–water partition coefficient (Wildman–Crippen LogP) is 4.08. The van der Waals surface area contributed by atoms with Crippen molar-refractivity contribution in [2.75, 3.05) is 13.1 Å². The number of rotatable bonds is 4. The van der Waals surface area contributed by atoms with Gasteiger partial charge in [-0.2, -0.15) is 0 Å². The van der Waals surface area contributed by atoms with Gasteiger partial charge in [-0.15, -0.1) is 11.3 Å². The first kappa shape index (κ1) is 19.9. The number of thiophene rings is 1. The molecule has 1 aliphatic rings. The fraction of sp³-hybridized carbons (Fsp3) is 0.391. The minimum atomic E-state index is -0.122. The zero-order valence-corrected chi connectivity index (χ0v) is 18.4. The normalized spacial score (nSPS) is 17.0. The van der Waals surface area contributed by atoms with Gasteiger partial charge in [0.05, 0.1) is 11.3 Å². The molecule has 4 aromatic rings. The number of carbonyl (C=O) groups is 1. The molecule has 1 amide bonds. The minimum absolute atomic E-state index is 0.0714. The number of para-hydroxylation sites is 2. The van der Waals surface area contributed by atoms with Crippen molar-refractivity contribution in [3.8, 4) is 0 Å². The maximum Gasteiger partial charge on any atom is 0.259 e. The number of aromatic amines is 1. The molecule has 0 bridgehead atoms. The van der Waals surface area contributed by atoms with Crippen molar-refractivity contribution in [3.63, 3.8) is 0 Å². The first-order valence-corrected chi connectivity index (χ1v) is 11.4. The molecule has 1 aromatic carbocycles. The Labute approximate surface area is 183 Å². The molecule has 1 saturated heterocycles. The second kappa shape index (κ2) is 7.92. The van der Waals surface area contributed by atoms with Crippen molar-refractivity contribution in [2.45, 2.75) is 45.4 Å². The standard InChI is InChI=1S/C23H24N4O3S/c1-13-14(2)31-23-20(13)21(29)25-18(26-23)9-10-19(28)27-11-5-6-15(12-27)22-24-16-7-3-4-8-17(16)30-22/h3-4,7-8,15H,5-6,9-12H2,1-2H3,(H,25,26,29). The molecule has 0 spiro atoms. The molecule has 1 fully saturated rings. The quantitative estimate of drug-likeness (QED) is 0.520. The molecule has 3 aromatic heterocycles. The average Bonchev–Trinajstić information content (AvgIpc) is 3.33. The third kappa shape index (κ3) is 3.76. The smallest absolute Gasteiger partial charge is 0.259 e. The lowest BCUT2D eigenvalue weighted by Gasteiger charge is -2.31. The number of oxazole rings is 1. The largest absolute Gasteiger partial charge is 0.440 e. The van der Waals surface area contributed by atoms with Gasteiger partial charge in [0.25, 0.3) is 5.56 Å². The van der Waals surface area contributed by atoms with E-state index in [1.54, 1.807) is 0 Å². The summed E-state index contributed by atoms with van der Waals surface area (Å²) in [6.45, 7) is 5.28. The molecule has 31 heavy (non-hydrogen) atoms. The number of hydrogen-bond donors (Lipinski definition) is 1. The molecule has 7 nitrogen and oxygen atoms in total. The van der Waals surface area contributed by atoms with Crippen molar-refractivity contribution in [1.82, 2.24) is 19.9 Å². The van der Waals surface area contributed by atoms with Crippen LogP contribution < -0.4 is 5.56 Å². The highest BCUT2D eigenvalue weighted by Gasteiger charge is 2.28. The van der Waals surface area contributed by atoms with Crippen LogP contribution in [0.1, 0.15) is 47.3 Å². The molecule has 0 radical (unpaired) electrons. The van der Waals surface area contributed by atoms with Gasteiger partial charge in [-0.05, 0) is 44.4 Å². The Hall–Kier alpha value is -3.00. The number of nitrogens with zero attached hydrogens (tertiary/aromatic N) is 3. The van der Waals surface area contributed by atoms with E-state index in [4.69, 9.17) is 4.42 Å². The van der Waals surface area contributed by atoms with Gasteiger partial charge in [-0.1, -0.05) is 12.1 Å². The lowest BCUT2D eigenvalue weighted by Crippen LogP contribution is -2.39. The van der Waals surface area contributed by atoms with E-state index < -0.39 is 0 Å². The zero-order valence-electron chi connectivity index (χ0n) is 17.6. The van der Waals surface area contributed by atoms with Crippen LogP contribution in [-0.4, -0.2) is 38.8 Å². The molecular formula is C23H24N4O3S. The van der Waals surface area contributed by atoms with Crippen LogP contribution in [0.3, 0.4) is 0 Å². The van der Waals surface area contributed by atoms with E-state index in [1.165, 1.54) is 11.3 Å². The van der Waals surface area contributed by atoms with Gasteiger partial charge in [0.15, 0.2) is 11.5 Å². The number of carbonyl (C=O) groups excluding carboxylic acids is 1. The van der Waals surface area contributed by atoms with Gasteiger partial charge < -0.3 is 14.3 Å². The number of fused-ring (bicyclic) bond motifs is 2. The molecule has 1 unspecified atom stereocenters. The highest BCUT2D eigenvalue weighted by atomic mass is 32.1. The number of hydrogen-bond acceptors (Lipinski definition) is 6. The van der Waals surface area contributed by atoms with Crippen LogP contribution in [0, 0.1) is 13.8 Å². The summed E-state index contributed by atoms with van der Waals surface area (Å²) < 4.78 is 5.93. The molecule has 0 aliphatic carbocycles.